The fourth-order valence-corrected chi connectivity index (χ4v) is 9.72. The molecule has 10 aromatic carbocycles. The summed E-state index contributed by atoms with van der Waals surface area (Å²) in [7, 11) is 0. The Morgan fingerprint density at radius 1 is 0.323 bits per heavy atom. The molecule has 0 spiro atoms. The van der Waals surface area contributed by atoms with Crippen molar-refractivity contribution < 1.29 is 13.3 Å². The molecule has 65 heavy (non-hydrogen) atoms. The summed E-state index contributed by atoms with van der Waals surface area (Å²) >= 11 is 0. The van der Waals surface area contributed by atoms with Crippen LogP contribution in [0, 0.1) is 22.7 Å². The highest BCUT2D eigenvalue weighted by Gasteiger charge is 2.23. The molecular weight excluding hydrogens is 801 g/mol. The third-order valence-corrected chi connectivity index (χ3v) is 12.7. The van der Waals surface area contributed by atoms with Crippen molar-refractivity contribution in [2.75, 3.05) is 9.80 Å². The molecule has 0 aliphatic carbocycles. The van der Waals surface area contributed by atoms with Crippen LogP contribution in [-0.2, 0) is 0 Å². The number of nitrogens with zero attached hydrogens (tertiary/aromatic N) is 4. The maximum Gasteiger partial charge on any atom is 0.159 e. The molecule has 0 radical (unpaired) electrons. The van der Waals surface area contributed by atoms with Crippen LogP contribution in [0.2, 0.25) is 0 Å². The Kier molecular flexibility index (Phi) is 7.90. The second-order valence-corrected chi connectivity index (χ2v) is 16.3. The second-order valence-electron chi connectivity index (χ2n) is 16.3. The molecule has 0 amide bonds. The van der Waals surface area contributed by atoms with Gasteiger partial charge in [0.15, 0.2) is 11.2 Å². The standard InChI is InChI=1S/C58H32N4O3/c59-33-35-15-21-39(22-16-35)61(49-11-5-9-47-45-7-1-3-13-51(45)64-57(47)49)41-25-27-43-37(31-41)19-29-53-55(43)56-44-28-26-42(32-38(44)20-30-54(56)63-53)62(40-23-17-36(34-60)18-24-40)50-12-6-10-48-46-8-2-4-14-52(46)65-58(48)50/h1-32H. The SMILES string of the molecule is N#Cc1ccc(N(c2ccc3c(ccc4oc5ccc6cc(N(c7ccc(C#N)cc7)c7cccc8c7oc7ccccc78)ccc6c5c43)c2)c2cccc3c2oc2ccccc23)cc1. The number of hydrogen-bond donors (Lipinski definition) is 0. The molecule has 0 aliphatic rings. The monoisotopic (exact) mass is 832 g/mol. The molecule has 3 aromatic heterocycles. The van der Waals surface area contributed by atoms with Crippen LogP contribution in [0.3, 0.4) is 0 Å². The van der Waals surface area contributed by atoms with Gasteiger partial charge in [0, 0.05) is 55.1 Å². The quantitative estimate of drug-likeness (QED) is 0.165. The van der Waals surface area contributed by atoms with Crippen LogP contribution < -0.4 is 9.80 Å². The largest absolute Gasteiger partial charge is 0.456 e. The van der Waals surface area contributed by atoms with Gasteiger partial charge in [0.2, 0.25) is 0 Å². The van der Waals surface area contributed by atoms with E-state index in [-0.39, 0.29) is 0 Å². The van der Waals surface area contributed by atoms with Crippen molar-refractivity contribution in [3.63, 3.8) is 0 Å². The molecule has 0 unspecified atom stereocenters. The maximum atomic E-state index is 9.66. The molecule has 13 aromatic rings. The number of rotatable bonds is 6. The number of hydrogen-bond acceptors (Lipinski definition) is 7. The molecule has 0 aliphatic heterocycles. The number of furan rings is 3. The highest BCUT2D eigenvalue weighted by atomic mass is 16.3. The van der Waals surface area contributed by atoms with E-state index >= 15 is 0 Å². The first kappa shape index (κ1) is 36.4. The van der Waals surface area contributed by atoms with Crippen molar-refractivity contribution in [2.45, 2.75) is 0 Å². The Morgan fingerprint density at radius 3 is 1.18 bits per heavy atom. The summed E-state index contributed by atoms with van der Waals surface area (Å²) in [6.45, 7) is 0. The number of nitriles is 2. The van der Waals surface area contributed by atoms with Crippen molar-refractivity contribution in [3.05, 3.63) is 205 Å². The van der Waals surface area contributed by atoms with Gasteiger partial charge in [0.1, 0.15) is 22.3 Å². The van der Waals surface area contributed by atoms with Crippen molar-refractivity contribution in [1.29, 1.82) is 10.5 Å². The minimum atomic E-state index is 0.591. The van der Waals surface area contributed by atoms with Gasteiger partial charge in [-0.3, -0.25) is 0 Å². The average Bonchev–Trinajstić information content (AvgIpc) is 4.07. The number of fused-ring (bicyclic) bond motifs is 13. The van der Waals surface area contributed by atoms with E-state index in [1.807, 2.05) is 84.9 Å². The Balaban J connectivity index is 0.983. The van der Waals surface area contributed by atoms with Gasteiger partial charge in [0.25, 0.3) is 0 Å². The van der Waals surface area contributed by atoms with Gasteiger partial charge in [0.05, 0.1) is 34.6 Å². The molecule has 0 fully saturated rings. The summed E-state index contributed by atoms with van der Waals surface area (Å²) in [5.74, 6) is 0. The first-order valence-electron chi connectivity index (χ1n) is 21.3. The first-order chi connectivity index (χ1) is 32.1. The third-order valence-electron chi connectivity index (χ3n) is 12.7. The van der Waals surface area contributed by atoms with Crippen LogP contribution in [0.15, 0.2) is 207 Å². The fraction of sp³-hybridized carbons (Fsp3) is 0. The van der Waals surface area contributed by atoms with Crippen LogP contribution in [0.4, 0.5) is 34.1 Å². The van der Waals surface area contributed by atoms with Crippen LogP contribution in [0.5, 0.6) is 0 Å². The molecule has 302 valence electrons. The van der Waals surface area contributed by atoms with Crippen molar-refractivity contribution in [3.8, 4) is 12.1 Å². The molecule has 3 heterocycles. The van der Waals surface area contributed by atoms with E-state index in [4.69, 9.17) is 13.3 Å². The van der Waals surface area contributed by atoms with E-state index in [1.165, 1.54) is 0 Å². The van der Waals surface area contributed by atoms with E-state index in [2.05, 4.69) is 131 Å². The number of para-hydroxylation sites is 4. The zero-order valence-corrected chi connectivity index (χ0v) is 34.5. The molecule has 0 saturated carbocycles. The molecule has 7 nitrogen and oxygen atoms in total. The predicted octanol–water partition coefficient (Wildman–Crippen LogP) is 16.4. The number of anilines is 6. The van der Waals surface area contributed by atoms with Gasteiger partial charge in [-0.05, 0) is 131 Å². The molecule has 13 rings (SSSR count). The lowest BCUT2D eigenvalue weighted by Crippen LogP contribution is -2.10. The Hall–Kier alpha value is -9.30. The minimum Gasteiger partial charge on any atom is -0.456 e. The zero-order valence-electron chi connectivity index (χ0n) is 34.5. The van der Waals surface area contributed by atoms with Crippen LogP contribution in [0.1, 0.15) is 11.1 Å². The van der Waals surface area contributed by atoms with Gasteiger partial charge in [-0.2, -0.15) is 10.5 Å². The zero-order chi connectivity index (χ0) is 43.2. The van der Waals surface area contributed by atoms with Gasteiger partial charge in [-0.15, -0.1) is 0 Å². The van der Waals surface area contributed by atoms with Gasteiger partial charge in [-0.1, -0.05) is 84.9 Å². The highest BCUT2D eigenvalue weighted by molar-refractivity contribution is 6.27. The lowest BCUT2D eigenvalue weighted by molar-refractivity contribution is 0.668. The normalized spacial score (nSPS) is 11.7. The molecular formula is C58H32N4O3. The van der Waals surface area contributed by atoms with E-state index in [9.17, 15) is 10.5 Å². The van der Waals surface area contributed by atoms with E-state index in [0.717, 1.165) is 121 Å². The topological polar surface area (TPSA) is 93.5 Å². The van der Waals surface area contributed by atoms with E-state index < -0.39 is 0 Å². The van der Waals surface area contributed by atoms with Crippen molar-refractivity contribution in [1.82, 2.24) is 0 Å². The van der Waals surface area contributed by atoms with E-state index in [1.54, 1.807) is 0 Å². The van der Waals surface area contributed by atoms with Gasteiger partial charge >= 0.3 is 0 Å². The summed E-state index contributed by atoms with van der Waals surface area (Å²) in [5.41, 5.74) is 11.5. The maximum absolute atomic E-state index is 9.66. The molecule has 0 bridgehead atoms. The minimum absolute atomic E-state index is 0.591. The van der Waals surface area contributed by atoms with Crippen molar-refractivity contribution >= 4 is 121 Å². The lowest BCUT2D eigenvalue weighted by Gasteiger charge is -2.26. The predicted molar refractivity (Wildman–Crippen MR) is 262 cm³/mol. The summed E-state index contributed by atoms with van der Waals surface area (Å²) in [6.07, 6.45) is 0. The Labute approximate surface area is 371 Å². The first-order valence-corrected chi connectivity index (χ1v) is 21.3. The second kappa shape index (κ2) is 14.1. The average molecular weight is 833 g/mol. The molecule has 0 N–H and O–H groups in total. The summed E-state index contributed by atoms with van der Waals surface area (Å²) in [4.78, 5) is 4.40. The third kappa shape index (κ3) is 5.60. The molecule has 7 heteroatoms. The lowest BCUT2D eigenvalue weighted by atomic mass is 9.98. The highest BCUT2D eigenvalue weighted by Crippen LogP contribution is 2.47. The molecule has 0 atom stereocenters. The van der Waals surface area contributed by atoms with Crippen LogP contribution >= 0.6 is 0 Å². The molecule has 0 saturated heterocycles. The Morgan fingerprint density at radius 2 is 0.738 bits per heavy atom. The van der Waals surface area contributed by atoms with E-state index in [0.29, 0.717) is 11.1 Å². The Bertz CT molecular complexity index is 3900. The number of benzene rings is 10. The van der Waals surface area contributed by atoms with Crippen LogP contribution in [-0.4, -0.2) is 0 Å². The summed E-state index contributed by atoms with van der Waals surface area (Å²) < 4.78 is 19.7. The van der Waals surface area contributed by atoms with Crippen molar-refractivity contribution in [2.24, 2.45) is 0 Å². The van der Waals surface area contributed by atoms with Crippen LogP contribution in [0.25, 0.3) is 87.4 Å². The van der Waals surface area contributed by atoms with Gasteiger partial charge in [-0.25, -0.2) is 0 Å². The summed E-state index contributed by atoms with van der Waals surface area (Å²) in [5, 5.41) is 29.8. The smallest absolute Gasteiger partial charge is 0.159 e. The fourth-order valence-electron chi connectivity index (χ4n) is 9.72. The summed E-state index contributed by atoms with van der Waals surface area (Å²) in [6, 6.07) is 70.1. The van der Waals surface area contributed by atoms with Gasteiger partial charge < -0.3 is 23.1 Å².